The Morgan fingerprint density at radius 1 is 1.25 bits per heavy atom. The van der Waals surface area contributed by atoms with Crippen molar-refractivity contribution in [2.45, 2.75) is 51.8 Å². The molecule has 0 aliphatic carbocycles. The van der Waals surface area contributed by atoms with Gasteiger partial charge in [0.2, 0.25) is 0 Å². The van der Waals surface area contributed by atoms with E-state index in [-0.39, 0.29) is 6.04 Å². The van der Waals surface area contributed by atoms with Gasteiger partial charge in [0.25, 0.3) is 0 Å². The van der Waals surface area contributed by atoms with Crippen LogP contribution in [0, 0.1) is 5.92 Å². The topological polar surface area (TPSA) is 32.7 Å². The molecule has 1 aliphatic heterocycles. The van der Waals surface area contributed by atoms with Crippen LogP contribution in [-0.2, 0) is 0 Å². The Kier molecular flexibility index (Phi) is 5.06. The lowest BCUT2D eigenvalue weighted by molar-refractivity contribution is 0.00290. The Morgan fingerprint density at radius 3 is 2.50 bits per heavy atom. The van der Waals surface area contributed by atoms with Crippen LogP contribution in [0.5, 0.6) is 5.75 Å². The number of likely N-dealkylation sites (tertiary alicyclic amines) is 1. The van der Waals surface area contributed by atoms with Gasteiger partial charge >= 0.3 is 0 Å². The minimum atomic E-state index is -0.450. The van der Waals surface area contributed by atoms with E-state index < -0.39 is 6.10 Å². The van der Waals surface area contributed by atoms with Crippen molar-refractivity contribution in [2.24, 2.45) is 5.92 Å². The van der Waals surface area contributed by atoms with Crippen molar-refractivity contribution < 1.29 is 9.84 Å². The monoisotopic (exact) mass is 277 g/mol. The van der Waals surface area contributed by atoms with E-state index in [2.05, 4.69) is 25.7 Å². The van der Waals surface area contributed by atoms with E-state index in [0.29, 0.717) is 12.0 Å². The van der Waals surface area contributed by atoms with Crippen LogP contribution in [0.25, 0.3) is 0 Å². The molecule has 0 aromatic heterocycles. The molecule has 1 aliphatic rings. The van der Waals surface area contributed by atoms with Crippen molar-refractivity contribution in [1.82, 2.24) is 4.90 Å². The molecule has 0 radical (unpaired) electrons. The van der Waals surface area contributed by atoms with E-state index in [0.717, 1.165) is 17.9 Å². The number of hydrogen-bond acceptors (Lipinski definition) is 3. The number of aliphatic hydroxyl groups is 1. The fourth-order valence-corrected chi connectivity index (χ4v) is 3.20. The van der Waals surface area contributed by atoms with Crippen molar-refractivity contribution in [1.29, 1.82) is 0 Å². The Labute approximate surface area is 122 Å². The van der Waals surface area contributed by atoms with Crippen molar-refractivity contribution >= 4 is 0 Å². The summed E-state index contributed by atoms with van der Waals surface area (Å²) >= 11 is 0. The Balaban J connectivity index is 2.08. The molecular formula is C17H27NO2. The molecule has 4 atom stereocenters. The molecule has 1 aromatic carbocycles. The summed E-state index contributed by atoms with van der Waals surface area (Å²) in [5.74, 6) is 1.53. The molecule has 1 aromatic rings. The molecule has 3 nitrogen and oxygen atoms in total. The highest BCUT2D eigenvalue weighted by Crippen LogP contribution is 2.30. The predicted octanol–water partition coefficient (Wildman–Crippen LogP) is 3.24. The van der Waals surface area contributed by atoms with Gasteiger partial charge in [0.1, 0.15) is 5.75 Å². The summed E-state index contributed by atoms with van der Waals surface area (Å²) in [5.41, 5.74) is 0.962. The zero-order valence-electron chi connectivity index (χ0n) is 13.0. The molecule has 20 heavy (non-hydrogen) atoms. The Morgan fingerprint density at radius 2 is 1.90 bits per heavy atom. The van der Waals surface area contributed by atoms with Crippen molar-refractivity contribution in [2.75, 3.05) is 13.7 Å². The molecule has 0 bridgehead atoms. The van der Waals surface area contributed by atoms with Gasteiger partial charge in [0, 0.05) is 12.1 Å². The van der Waals surface area contributed by atoms with Gasteiger partial charge in [-0.1, -0.05) is 19.1 Å². The van der Waals surface area contributed by atoms with E-state index in [1.165, 1.54) is 12.8 Å². The van der Waals surface area contributed by atoms with Crippen molar-refractivity contribution in [3.05, 3.63) is 29.8 Å². The first kappa shape index (κ1) is 15.3. The molecule has 1 saturated heterocycles. The summed E-state index contributed by atoms with van der Waals surface area (Å²) < 4.78 is 5.16. The fourth-order valence-electron chi connectivity index (χ4n) is 3.20. The zero-order valence-corrected chi connectivity index (χ0v) is 13.0. The lowest BCUT2D eigenvalue weighted by atomic mass is 9.89. The van der Waals surface area contributed by atoms with E-state index in [1.807, 2.05) is 24.3 Å². The van der Waals surface area contributed by atoms with Crippen LogP contribution >= 0.6 is 0 Å². The molecule has 1 fully saturated rings. The SMILES string of the molecule is COc1ccc(C(O)C(C)N2CCCC(C)C2C)cc1. The summed E-state index contributed by atoms with van der Waals surface area (Å²) in [7, 11) is 1.66. The van der Waals surface area contributed by atoms with Gasteiger partial charge in [-0.15, -0.1) is 0 Å². The van der Waals surface area contributed by atoms with E-state index >= 15 is 0 Å². The largest absolute Gasteiger partial charge is 0.497 e. The summed E-state index contributed by atoms with van der Waals surface area (Å²) in [5, 5.41) is 10.6. The summed E-state index contributed by atoms with van der Waals surface area (Å²) in [6.45, 7) is 7.80. The lowest BCUT2D eigenvalue weighted by Crippen LogP contribution is -2.49. The quantitative estimate of drug-likeness (QED) is 0.917. The number of benzene rings is 1. The highest BCUT2D eigenvalue weighted by Gasteiger charge is 2.31. The van der Waals surface area contributed by atoms with Crippen LogP contribution in [-0.4, -0.2) is 35.7 Å². The van der Waals surface area contributed by atoms with Gasteiger partial charge in [-0.05, 0) is 56.8 Å². The van der Waals surface area contributed by atoms with Crippen LogP contribution in [0.15, 0.2) is 24.3 Å². The van der Waals surface area contributed by atoms with Gasteiger partial charge in [-0.2, -0.15) is 0 Å². The minimum absolute atomic E-state index is 0.140. The molecule has 0 spiro atoms. The maximum Gasteiger partial charge on any atom is 0.118 e. The summed E-state index contributed by atoms with van der Waals surface area (Å²) in [4.78, 5) is 2.45. The molecule has 1 N–H and O–H groups in total. The second-order valence-corrected chi connectivity index (χ2v) is 6.06. The third-order valence-corrected chi connectivity index (χ3v) is 4.86. The van der Waals surface area contributed by atoms with Gasteiger partial charge < -0.3 is 9.84 Å². The van der Waals surface area contributed by atoms with Crippen LogP contribution in [0.3, 0.4) is 0 Å². The van der Waals surface area contributed by atoms with Gasteiger partial charge in [0.05, 0.1) is 13.2 Å². The Hall–Kier alpha value is -1.06. The average Bonchev–Trinajstić information content (AvgIpc) is 2.48. The summed E-state index contributed by atoms with van der Waals surface area (Å²) in [6.07, 6.45) is 2.07. The minimum Gasteiger partial charge on any atom is -0.497 e. The number of piperidine rings is 1. The molecular weight excluding hydrogens is 250 g/mol. The van der Waals surface area contributed by atoms with Crippen LogP contribution in [0.1, 0.15) is 45.3 Å². The standard InChI is InChI=1S/C17H27NO2/c1-12-6-5-11-18(13(12)2)14(3)17(19)15-7-9-16(20-4)10-8-15/h7-10,12-14,17,19H,5-6,11H2,1-4H3. The third-order valence-electron chi connectivity index (χ3n) is 4.86. The number of rotatable bonds is 4. The second kappa shape index (κ2) is 6.59. The van der Waals surface area contributed by atoms with E-state index in [1.54, 1.807) is 7.11 Å². The molecule has 3 heteroatoms. The predicted molar refractivity (Wildman–Crippen MR) is 82.0 cm³/mol. The third kappa shape index (κ3) is 3.15. The fraction of sp³-hybridized carbons (Fsp3) is 0.647. The molecule has 4 unspecified atom stereocenters. The van der Waals surface area contributed by atoms with Gasteiger partial charge in [-0.25, -0.2) is 0 Å². The normalized spacial score (nSPS) is 27.1. The smallest absolute Gasteiger partial charge is 0.118 e. The van der Waals surface area contributed by atoms with Gasteiger partial charge in [0.15, 0.2) is 0 Å². The van der Waals surface area contributed by atoms with Crippen LogP contribution in [0.4, 0.5) is 0 Å². The van der Waals surface area contributed by atoms with E-state index in [4.69, 9.17) is 4.74 Å². The van der Waals surface area contributed by atoms with Crippen LogP contribution in [0.2, 0.25) is 0 Å². The number of methoxy groups -OCH3 is 1. The average molecular weight is 277 g/mol. The number of nitrogens with zero attached hydrogens (tertiary/aromatic N) is 1. The molecule has 1 heterocycles. The highest BCUT2D eigenvalue weighted by molar-refractivity contribution is 5.29. The molecule has 112 valence electrons. The van der Waals surface area contributed by atoms with Crippen molar-refractivity contribution in [3.8, 4) is 5.75 Å². The van der Waals surface area contributed by atoms with Crippen LogP contribution < -0.4 is 4.74 Å². The number of aliphatic hydroxyl groups excluding tert-OH is 1. The maximum absolute atomic E-state index is 10.6. The first-order valence-corrected chi connectivity index (χ1v) is 7.62. The maximum atomic E-state index is 10.6. The zero-order chi connectivity index (χ0) is 14.7. The summed E-state index contributed by atoms with van der Waals surface area (Å²) in [6, 6.07) is 8.41. The van der Waals surface area contributed by atoms with E-state index in [9.17, 15) is 5.11 Å². The van der Waals surface area contributed by atoms with Crippen molar-refractivity contribution in [3.63, 3.8) is 0 Å². The first-order chi connectivity index (χ1) is 9.54. The number of ether oxygens (including phenoxy) is 1. The second-order valence-electron chi connectivity index (χ2n) is 6.06. The number of hydrogen-bond donors (Lipinski definition) is 1. The Bertz CT molecular complexity index is 418. The van der Waals surface area contributed by atoms with Gasteiger partial charge in [-0.3, -0.25) is 4.90 Å². The molecule has 0 saturated carbocycles. The molecule has 0 amide bonds. The molecule has 2 rings (SSSR count). The lowest BCUT2D eigenvalue weighted by Gasteiger charge is -2.43. The highest BCUT2D eigenvalue weighted by atomic mass is 16.5. The first-order valence-electron chi connectivity index (χ1n) is 7.62.